The summed E-state index contributed by atoms with van der Waals surface area (Å²) in [6, 6.07) is 8.01. The van der Waals surface area contributed by atoms with Crippen LogP contribution in [0.2, 0.25) is 4.47 Å². The van der Waals surface area contributed by atoms with Crippen LogP contribution in [0.3, 0.4) is 0 Å². The van der Waals surface area contributed by atoms with Gasteiger partial charge in [0.05, 0.1) is 4.88 Å². The van der Waals surface area contributed by atoms with Gasteiger partial charge < -0.3 is 0 Å². The van der Waals surface area contributed by atoms with Crippen LogP contribution >= 0.6 is 38.9 Å². The molecule has 13 heavy (non-hydrogen) atoms. The molecule has 0 N–H and O–H groups in total. The number of rotatable bonds is 1. The smallest absolute Gasteiger partial charge is 0.184 e. The van der Waals surface area contributed by atoms with Gasteiger partial charge in [0.1, 0.15) is 0 Å². The van der Waals surface area contributed by atoms with Crippen molar-refractivity contribution in [1.29, 1.82) is 0 Å². The molecule has 4 heteroatoms. The lowest BCUT2D eigenvalue weighted by atomic mass is 10.2. The molecule has 0 radical (unpaired) electrons. The topological polar surface area (TPSA) is 12.9 Å². The first-order chi connectivity index (χ1) is 6.27. The average molecular weight is 275 g/mol. The van der Waals surface area contributed by atoms with Gasteiger partial charge >= 0.3 is 0 Å². The lowest BCUT2D eigenvalue weighted by Gasteiger charge is -1.98. The van der Waals surface area contributed by atoms with Crippen molar-refractivity contribution in [2.24, 2.45) is 0 Å². The summed E-state index contributed by atoms with van der Waals surface area (Å²) in [5.74, 6) is 0. The van der Waals surface area contributed by atoms with Crippen molar-refractivity contribution in [2.75, 3.05) is 0 Å². The molecule has 0 saturated carbocycles. The number of hydrogen-bond donors (Lipinski definition) is 0. The fourth-order valence-electron chi connectivity index (χ4n) is 1.04. The molecule has 2 rings (SSSR count). The Morgan fingerprint density at radius 2 is 2.08 bits per heavy atom. The molecule has 0 fully saturated rings. The Bertz CT molecular complexity index is 427. The van der Waals surface area contributed by atoms with E-state index < -0.39 is 0 Å². The Labute approximate surface area is 93.5 Å². The largest absolute Gasteiger partial charge is 0.233 e. The fraction of sp³-hybridized carbons (Fsp3) is 0. The first kappa shape index (κ1) is 9.19. The summed E-state index contributed by atoms with van der Waals surface area (Å²) in [5, 5.41) is 0. The molecule has 66 valence electrons. The van der Waals surface area contributed by atoms with E-state index in [9.17, 15) is 0 Å². The van der Waals surface area contributed by atoms with Gasteiger partial charge in [0.15, 0.2) is 4.47 Å². The van der Waals surface area contributed by atoms with Gasteiger partial charge in [0.25, 0.3) is 0 Å². The summed E-state index contributed by atoms with van der Waals surface area (Å²) >= 11 is 10.7. The molecule has 1 nitrogen and oxygen atoms in total. The summed E-state index contributed by atoms with van der Waals surface area (Å²) in [4.78, 5) is 5.08. The van der Waals surface area contributed by atoms with Crippen LogP contribution in [-0.4, -0.2) is 4.98 Å². The minimum Gasteiger partial charge on any atom is -0.233 e. The third kappa shape index (κ3) is 1.93. The van der Waals surface area contributed by atoms with Crippen LogP contribution < -0.4 is 0 Å². The van der Waals surface area contributed by atoms with Crippen LogP contribution in [0.5, 0.6) is 0 Å². The molecule has 0 aliphatic heterocycles. The normalized spacial score (nSPS) is 10.3. The van der Waals surface area contributed by atoms with E-state index in [2.05, 4.69) is 20.9 Å². The quantitative estimate of drug-likeness (QED) is 0.758. The van der Waals surface area contributed by atoms with Crippen LogP contribution in [0.4, 0.5) is 0 Å². The zero-order valence-corrected chi connectivity index (χ0v) is 9.66. The van der Waals surface area contributed by atoms with Crippen molar-refractivity contribution >= 4 is 38.9 Å². The summed E-state index contributed by atoms with van der Waals surface area (Å²) in [7, 11) is 0. The van der Waals surface area contributed by atoms with E-state index in [1.165, 1.54) is 11.3 Å². The Kier molecular flexibility index (Phi) is 2.67. The maximum atomic E-state index is 5.75. The van der Waals surface area contributed by atoms with E-state index >= 15 is 0 Å². The van der Waals surface area contributed by atoms with Gasteiger partial charge in [-0.3, -0.25) is 0 Å². The van der Waals surface area contributed by atoms with Crippen LogP contribution in [0.15, 0.2) is 34.9 Å². The van der Waals surface area contributed by atoms with E-state index in [-0.39, 0.29) is 0 Å². The van der Waals surface area contributed by atoms with E-state index in [1.807, 2.05) is 24.3 Å². The Balaban J connectivity index is 2.52. The molecule has 0 unspecified atom stereocenters. The molecule has 0 atom stereocenters. The third-order valence-corrected chi connectivity index (χ3v) is 3.46. The first-order valence-corrected chi connectivity index (χ1v) is 5.62. The predicted molar refractivity (Wildman–Crippen MR) is 60.3 cm³/mol. The molecule has 0 bridgehead atoms. The minimum absolute atomic E-state index is 0.575. The third-order valence-electron chi connectivity index (χ3n) is 1.62. The molecular formula is C9H5BrClNS. The predicted octanol–water partition coefficient (Wildman–Crippen LogP) is 4.23. The fourth-order valence-corrected chi connectivity index (χ4v) is 2.65. The van der Waals surface area contributed by atoms with Crippen molar-refractivity contribution in [3.8, 4) is 10.4 Å². The molecule has 0 aliphatic carbocycles. The second-order valence-electron chi connectivity index (χ2n) is 2.46. The molecule has 1 aromatic carbocycles. The standard InChI is InChI=1S/C9H5BrClNS/c10-7-4-2-1-3-6(7)8-5-12-9(11)13-8/h1-5H. The highest BCUT2D eigenvalue weighted by Crippen LogP contribution is 2.33. The van der Waals surface area contributed by atoms with Crippen molar-refractivity contribution in [1.82, 2.24) is 4.98 Å². The zero-order chi connectivity index (χ0) is 9.26. The summed E-state index contributed by atoms with van der Waals surface area (Å²) in [5.41, 5.74) is 1.13. The number of nitrogens with zero attached hydrogens (tertiary/aromatic N) is 1. The van der Waals surface area contributed by atoms with E-state index in [0.29, 0.717) is 4.47 Å². The van der Waals surface area contributed by atoms with Crippen molar-refractivity contribution < 1.29 is 0 Å². The number of aromatic nitrogens is 1. The molecule has 0 amide bonds. The van der Waals surface area contributed by atoms with Gasteiger partial charge in [-0.1, -0.05) is 45.7 Å². The van der Waals surface area contributed by atoms with Gasteiger partial charge in [-0.25, -0.2) is 4.98 Å². The maximum absolute atomic E-state index is 5.75. The van der Waals surface area contributed by atoms with Crippen LogP contribution in [0.25, 0.3) is 10.4 Å². The average Bonchev–Trinajstić information content (AvgIpc) is 2.53. The molecule has 0 aliphatic rings. The van der Waals surface area contributed by atoms with Crippen LogP contribution in [0, 0.1) is 0 Å². The molecule has 1 aromatic heterocycles. The maximum Gasteiger partial charge on any atom is 0.184 e. The highest BCUT2D eigenvalue weighted by atomic mass is 79.9. The molecular weight excluding hydrogens is 270 g/mol. The number of thiazole rings is 1. The first-order valence-electron chi connectivity index (χ1n) is 3.63. The summed E-state index contributed by atoms with van der Waals surface area (Å²) in [6.45, 7) is 0. The number of hydrogen-bond acceptors (Lipinski definition) is 2. The molecule has 2 aromatic rings. The minimum atomic E-state index is 0.575. The van der Waals surface area contributed by atoms with Crippen molar-refractivity contribution in [2.45, 2.75) is 0 Å². The highest BCUT2D eigenvalue weighted by Gasteiger charge is 2.05. The second-order valence-corrected chi connectivity index (χ2v) is 4.92. The van der Waals surface area contributed by atoms with Gasteiger partial charge in [0.2, 0.25) is 0 Å². The Morgan fingerprint density at radius 1 is 1.31 bits per heavy atom. The lowest BCUT2D eigenvalue weighted by Crippen LogP contribution is -1.72. The highest BCUT2D eigenvalue weighted by molar-refractivity contribution is 9.10. The summed E-state index contributed by atoms with van der Waals surface area (Å²) in [6.07, 6.45) is 1.78. The molecule has 0 saturated heterocycles. The number of benzene rings is 1. The Hall–Kier alpha value is -0.380. The van der Waals surface area contributed by atoms with E-state index in [1.54, 1.807) is 6.20 Å². The molecule has 0 spiro atoms. The molecule has 1 heterocycles. The number of halogens is 2. The monoisotopic (exact) mass is 273 g/mol. The van der Waals surface area contributed by atoms with Crippen LogP contribution in [-0.2, 0) is 0 Å². The van der Waals surface area contributed by atoms with E-state index in [4.69, 9.17) is 11.6 Å². The zero-order valence-electron chi connectivity index (χ0n) is 6.50. The van der Waals surface area contributed by atoms with Crippen molar-refractivity contribution in [3.05, 3.63) is 39.4 Å². The van der Waals surface area contributed by atoms with Gasteiger partial charge in [-0.15, -0.1) is 11.3 Å². The second kappa shape index (κ2) is 3.78. The van der Waals surface area contributed by atoms with Gasteiger partial charge in [0, 0.05) is 16.2 Å². The SMILES string of the molecule is Clc1ncc(-c2ccccc2Br)s1. The van der Waals surface area contributed by atoms with Gasteiger partial charge in [-0.2, -0.15) is 0 Å². The Morgan fingerprint density at radius 3 is 2.69 bits per heavy atom. The van der Waals surface area contributed by atoms with Crippen LogP contribution in [0.1, 0.15) is 0 Å². The summed E-state index contributed by atoms with van der Waals surface area (Å²) < 4.78 is 1.64. The van der Waals surface area contributed by atoms with Gasteiger partial charge in [-0.05, 0) is 6.07 Å². The van der Waals surface area contributed by atoms with Crippen molar-refractivity contribution in [3.63, 3.8) is 0 Å². The lowest BCUT2D eigenvalue weighted by molar-refractivity contribution is 1.42. The van der Waals surface area contributed by atoms with E-state index in [0.717, 1.165) is 14.9 Å².